The van der Waals surface area contributed by atoms with E-state index >= 15 is 0 Å². The number of aromatic amines is 1. The smallest absolute Gasteiger partial charge is 0.210 e. The number of carbonyl (C=O) groups excluding carboxylic acids is 1. The van der Waals surface area contributed by atoms with Gasteiger partial charge < -0.3 is 4.98 Å². The monoisotopic (exact) mass is 272 g/mol. The highest BCUT2D eigenvalue weighted by atomic mass is 16.1. The molecule has 1 aliphatic rings. The van der Waals surface area contributed by atoms with Crippen LogP contribution < -0.4 is 0 Å². The van der Waals surface area contributed by atoms with Gasteiger partial charge in [-0.25, -0.2) is 4.85 Å². The number of nitrogens with zero attached hydrogens (tertiary/aromatic N) is 1. The second-order valence-corrected chi connectivity index (χ2v) is 5.26. The first-order valence-corrected chi connectivity index (χ1v) is 6.93. The number of Topliss-reactive ketones (excluding diaryl/α,β-unsaturated/α-hetero) is 1. The van der Waals surface area contributed by atoms with Crippen molar-refractivity contribution in [2.45, 2.75) is 12.8 Å². The Bertz CT molecular complexity index is 914. The Morgan fingerprint density at radius 3 is 2.62 bits per heavy atom. The largest absolute Gasteiger partial charge is 0.364 e. The van der Waals surface area contributed by atoms with E-state index in [0.717, 1.165) is 39.7 Å². The first-order chi connectivity index (χ1) is 10.3. The normalized spacial score (nSPS) is 13.4. The van der Waals surface area contributed by atoms with Gasteiger partial charge in [-0.1, -0.05) is 42.5 Å². The molecular formula is C18H12N2O. The molecule has 0 radical (unpaired) electrons. The van der Waals surface area contributed by atoms with Crippen LogP contribution in [0.4, 0.5) is 5.69 Å². The molecule has 0 saturated carbocycles. The third-order valence-corrected chi connectivity index (χ3v) is 4.12. The number of aryl methyl sites for hydroxylation is 1. The Balaban J connectivity index is 2.13. The lowest BCUT2D eigenvalue weighted by Gasteiger charge is -2.13. The predicted octanol–water partition coefficient (Wildman–Crippen LogP) is 4.51. The number of nitrogens with one attached hydrogen (secondary N) is 1. The van der Waals surface area contributed by atoms with E-state index in [-0.39, 0.29) is 5.78 Å². The summed E-state index contributed by atoms with van der Waals surface area (Å²) in [5.41, 5.74) is 5.42. The molecule has 1 aliphatic carbocycles. The first kappa shape index (κ1) is 11.9. The molecule has 2 aromatic carbocycles. The molecule has 3 heteroatoms. The van der Waals surface area contributed by atoms with E-state index in [4.69, 9.17) is 6.57 Å². The number of hydrogen-bond donors (Lipinski definition) is 1. The van der Waals surface area contributed by atoms with Crippen molar-refractivity contribution in [3.05, 3.63) is 65.0 Å². The van der Waals surface area contributed by atoms with Crippen LogP contribution in [0.15, 0.2) is 42.5 Å². The van der Waals surface area contributed by atoms with Crippen LogP contribution >= 0.6 is 0 Å². The number of ketones is 1. The van der Waals surface area contributed by atoms with Crippen molar-refractivity contribution in [3.8, 4) is 11.3 Å². The van der Waals surface area contributed by atoms with Crippen LogP contribution in [0.1, 0.15) is 22.3 Å². The molecular weight excluding hydrogens is 260 g/mol. The maximum atomic E-state index is 12.1. The van der Waals surface area contributed by atoms with E-state index in [0.29, 0.717) is 12.1 Å². The second kappa shape index (κ2) is 4.32. The van der Waals surface area contributed by atoms with Gasteiger partial charge in [-0.05, 0) is 17.5 Å². The van der Waals surface area contributed by atoms with Crippen molar-refractivity contribution in [2.75, 3.05) is 0 Å². The third-order valence-electron chi connectivity index (χ3n) is 4.12. The number of H-pyrrole nitrogens is 1. The number of benzene rings is 2. The fraction of sp³-hybridized carbons (Fsp3) is 0.111. The quantitative estimate of drug-likeness (QED) is 0.650. The molecule has 4 rings (SSSR count). The van der Waals surface area contributed by atoms with E-state index < -0.39 is 0 Å². The molecule has 0 spiro atoms. The summed E-state index contributed by atoms with van der Waals surface area (Å²) in [5.74, 6) is 0.169. The van der Waals surface area contributed by atoms with E-state index in [2.05, 4.69) is 22.0 Å². The minimum Gasteiger partial charge on any atom is -0.364 e. The van der Waals surface area contributed by atoms with Gasteiger partial charge in [0.05, 0.1) is 12.1 Å². The van der Waals surface area contributed by atoms with Gasteiger partial charge in [-0.2, -0.15) is 0 Å². The van der Waals surface area contributed by atoms with Gasteiger partial charge in [-0.3, -0.25) is 4.79 Å². The summed E-state index contributed by atoms with van der Waals surface area (Å²) in [4.78, 5) is 19.1. The lowest BCUT2D eigenvalue weighted by molar-refractivity contribution is 0.0982. The molecule has 0 atom stereocenters. The van der Waals surface area contributed by atoms with E-state index in [1.807, 2.05) is 18.2 Å². The SMILES string of the molecule is [C-]#[N+]c1ccc2c3c(c(-c4ccccc4)[nH]c13)CCC2=O. The standard InChI is InChI=1S/C18H12N2O/c1-19-14-9-7-12-15(21)10-8-13-16(12)18(14)20-17(13)11-5-3-2-4-6-11/h2-7,9,20H,8,10H2. The molecule has 1 N–H and O–H groups in total. The van der Waals surface area contributed by atoms with Gasteiger partial charge >= 0.3 is 0 Å². The molecule has 0 saturated heterocycles. The summed E-state index contributed by atoms with van der Waals surface area (Å²) < 4.78 is 0. The van der Waals surface area contributed by atoms with Crippen LogP contribution in [0, 0.1) is 6.57 Å². The Labute approximate surface area is 122 Å². The van der Waals surface area contributed by atoms with Gasteiger partial charge in [0.15, 0.2) is 5.78 Å². The Morgan fingerprint density at radius 1 is 1.05 bits per heavy atom. The number of carbonyl (C=O) groups is 1. The van der Waals surface area contributed by atoms with Gasteiger partial charge in [0.25, 0.3) is 0 Å². The minimum absolute atomic E-state index is 0.169. The van der Waals surface area contributed by atoms with Crippen molar-refractivity contribution < 1.29 is 4.79 Å². The van der Waals surface area contributed by atoms with Crippen LogP contribution in [0.25, 0.3) is 27.0 Å². The van der Waals surface area contributed by atoms with Crippen molar-refractivity contribution in [1.29, 1.82) is 0 Å². The molecule has 21 heavy (non-hydrogen) atoms. The molecule has 0 aliphatic heterocycles. The molecule has 0 bridgehead atoms. The molecule has 0 fully saturated rings. The molecule has 3 nitrogen and oxygen atoms in total. The molecule has 1 heterocycles. The lowest BCUT2D eigenvalue weighted by Crippen LogP contribution is -2.08. The van der Waals surface area contributed by atoms with Crippen LogP contribution in [0.5, 0.6) is 0 Å². The summed E-state index contributed by atoms with van der Waals surface area (Å²) in [7, 11) is 0. The summed E-state index contributed by atoms with van der Waals surface area (Å²) in [6.45, 7) is 7.33. The van der Waals surface area contributed by atoms with Gasteiger partial charge in [0, 0.05) is 23.1 Å². The Morgan fingerprint density at radius 2 is 1.86 bits per heavy atom. The minimum atomic E-state index is 0.169. The van der Waals surface area contributed by atoms with Gasteiger partial charge in [-0.15, -0.1) is 0 Å². The maximum Gasteiger partial charge on any atom is 0.210 e. The fourth-order valence-corrected chi connectivity index (χ4v) is 3.16. The van der Waals surface area contributed by atoms with Crippen molar-refractivity contribution >= 4 is 22.4 Å². The third kappa shape index (κ3) is 1.63. The van der Waals surface area contributed by atoms with Gasteiger partial charge in [0.2, 0.25) is 5.69 Å². The summed E-state index contributed by atoms with van der Waals surface area (Å²) >= 11 is 0. The number of hydrogen-bond acceptors (Lipinski definition) is 1. The Kier molecular flexibility index (Phi) is 2.45. The number of rotatable bonds is 1. The summed E-state index contributed by atoms with van der Waals surface area (Å²) in [6.07, 6.45) is 1.27. The molecule has 0 unspecified atom stereocenters. The van der Waals surface area contributed by atoms with Crippen LogP contribution in [0.3, 0.4) is 0 Å². The van der Waals surface area contributed by atoms with Crippen LogP contribution in [0.2, 0.25) is 0 Å². The molecule has 3 aromatic rings. The average molecular weight is 272 g/mol. The van der Waals surface area contributed by atoms with Crippen molar-refractivity contribution in [2.24, 2.45) is 0 Å². The van der Waals surface area contributed by atoms with Crippen LogP contribution in [-0.4, -0.2) is 10.8 Å². The fourth-order valence-electron chi connectivity index (χ4n) is 3.16. The average Bonchev–Trinajstić information content (AvgIpc) is 2.92. The highest BCUT2D eigenvalue weighted by Gasteiger charge is 2.25. The van der Waals surface area contributed by atoms with E-state index in [1.54, 1.807) is 12.1 Å². The number of aromatic nitrogens is 1. The summed E-state index contributed by atoms with van der Waals surface area (Å²) in [6, 6.07) is 13.6. The van der Waals surface area contributed by atoms with E-state index in [9.17, 15) is 4.79 Å². The van der Waals surface area contributed by atoms with Gasteiger partial charge in [0.1, 0.15) is 0 Å². The maximum absolute atomic E-state index is 12.1. The first-order valence-electron chi connectivity index (χ1n) is 6.93. The predicted molar refractivity (Wildman–Crippen MR) is 82.6 cm³/mol. The molecule has 100 valence electrons. The Hall–Kier alpha value is -2.86. The zero-order chi connectivity index (χ0) is 14.4. The topological polar surface area (TPSA) is 37.2 Å². The van der Waals surface area contributed by atoms with Crippen LogP contribution in [-0.2, 0) is 6.42 Å². The summed E-state index contributed by atoms with van der Waals surface area (Å²) in [5, 5.41) is 0.943. The highest BCUT2D eigenvalue weighted by Crippen LogP contribution is 2.40. The van der Waals surface area contributed by atoms with Crippen molar-refractivity contribution in [3.63, 3.8) is 0 Å². The van der Waals surface area contributed by atoms with E-state index in [1.165, 1.54) is 0 Å². The zero-order valence-electron chi connectivity index (χ0n) is 11.3. The lowest BCUT2D eigenvalue weighted by atomic mass is 9.89. The molecule has 0 amide bonds. The second-order valence-electron chi connectivity index (χ2n) is 5.26. The zero-order valence-corrected chi connectivity index (χ0v) is 11.3. The molecule has 1 aromatic heterocycles. The highest BCUT2D eigenvalue weighted by molar-refractivity contribution is 6.15. The van der Waals surface area contributed by atoms with Crippen molar-refractivity contribution in [1.82, 2.24) is 4.98 Å².